The first kappa shape index (κ1) is 14.4. The highest BCUT2D eigenvalue weighted by molar-refractivity contribution is 9.10. The predicted octanol–water partition coefficient (Wildman–Crippen LogP) is 3.70. The van der Waals surface area contributed by atoms with Gasteiger partial charge in [-0.25, -0.2) is 13.2 Å². The van der Waals surface area contributed by atoms with Gasteiger partial charge in [0.05, 0.1) is 11.3 Å². The van der Waals surface area contributed by atoms with Crippen LogP contribution in [0.4, 0.5) is 24.5 Å². The molecule has 0 saturated carbocycles. The van der Waals surface area contributed by atoms with Crippen molar-refractivity contribution in [3.63, 3.8) is 0 Å². The Hall–Kier alpha value is -2.02. The van der Waals surface area contributed by atoms with Crippen molar-refractivity contribution in [3.05, 3.63) is 57.8 Å². The Kier molecular flexibility index (Phi) is 3.99. The topological polar surface area (TPSA) is 55.1 Å². The average Bonchev–Trinajstić information content (AvgIpc) is 2.40. The molecule has 0 unspecified atom stereocenters. The molecule has 20 heavy (non-hydrogen) atoms. The molecular weight excluding hydrogens is 337 g/mol. The van der Waals surface area contributed by atoms with Crippen LogP contribution >= 0.6 is 15.9 Å². The number of anilines is 2. The van der Waals surface area contributed by atoms with Gasteiger partial charge in [-0.3, -0.25) is 4.79 Å². The van der Waals surface area contributed by atoms with E-state index in [0.29, 0.717) is 21.9 Å². The number of halogens is 4. The minimum atomic E-state index is -1.69. The highest BCUT2D eigenvalue weighted by atomic mass is 79.9. The van der Waals surface area contributed by atoms with Crippen molar-refractivity contribution >= 4 is 33.2 Å². The van der Waals surface area contributed by atoms with Crippen molar-refractivity contribution in [2.45, 2.75) is 0 Å². The fraction of sp³-hybridized carbons (Fsp3) is 0. The van der Waals surface area contributed by atoms with E-state index in [9.17, 15) is 18.0 Å². The molecule has 0 aliphatic carbocycles. The molecule has 0 aromatic heterocycles. The summed E-state index contributed by atoms with van der Waals surface area (Å²) in [4.78, 5) is 11.9. The number of carbonyl (C=O) groups excluding carboxylic acids is 1. The van der Waals surface area contributed by atoms with Crippen molar-refractivity contribution in [3.8, 4) is 0 Å². The average molecular weight is 345 g/mol. The number of hydrogen-bond donors (Lipinski definition) is 2. The molecule has 0 saturated heterocycles. The van der Waals surface area contributed by atoms with Crippen molar-refractivity contribution in [2.75, 3.05) is 11.1 Å². The van der Waals surface area contributed by atoms with E-state index in [4.69, 9.17) is 5.73 Å². The fourth-order valence-electron chi connectivity index (χ4n) is 1.53. The molecule has 7 heteroatoms. The summed E-state index contributed by atoms with van der Waals surface area (Å²) in [6.45, 7) is 0. The Morgan fingerprint density at radius 1 is 1.10 bits per heavy atom. The lowest BCUT2D eigenvalue weighted by atomic mass is 10.1. The summed E-state index contributed by atoms with van der Waals surface area (Å²) in [7, 11) is 0. The SMILES string of the molecule is Nc1ccc(Br)c(NC(=O)c2ccc(F)c(F)c2F)c1. The van der Waals surface area contributed by atoms with Gasteiger partial charge in [-0.15, -0.1) is 0 Å². The van der Waals surface area contributed by atoms with E-state index in [2.05, 4.69) is 21.2 Å². The Morgan fingerprint density at radius 2 is 1.80 bits per heavy atom. The highest BCUT2D eigenvalue weighted by Gasteiger charge is 2.19. The summed E-state index contributed by atoms with van der Waals surface area (Å²) in [5.74, 6) is -5.50. The van der Waals surface area contributed by atoms with Gasteiger partial charge in [-0.1, -0.05) is 0 Å². The van der Waals surface area contributed by atoms with Gasteiger partial charge in [-0.2, -0.15) is 0 Å². The van der Waals surface area contributed by atoms with Gasteiger partial charge >= 0.3 is 0 Å². The molecule has 3 N–H and O–H groups in total. The van der Waals surface area contributed by atoms with Crippen LogP contribution < -0.4 is 11.1 Å². The number of nitrogens with two attached hydrogens (primary N) is 1. The number of rotatable bonds is 2. The largest absolute Gasteiger partial charge is 0.399 e. The molecule has 2 aromatic carbocycles. The highest BCUT2D eigenvalue weighted by Crippen LogP contribution is 2.25. The number of nitrogens with one attached hydrogen (secondary N) is 1. The van der Waals surface area contributed by atoms with E-state index < -0.39 is 28.9 Å². The lowest BCUT2D eigenvalue weighted by Gasteiger charge is -2.09. The first-order valence-corrected chi connectivity index (χ1v) is 6.19. The Bertz CT molecular complexity index is 692. The smallest absolute Gasteiger partial charge is 0.258 e. The van der Waals surface area contributed by atoms with E-state index in [1.54, 1.807) is 12.1 Å². The molecule has 0 aliphatic rings. The maximum atomic E-state index is 13.5. The van der Waals surface area contributed by atoms with E-state index >= 15 is 0 Å². The van der Waals surface area contributed by atoms with Crippen LogP contribution in [0, 0.1) is 17.5 Å². The van der Waals surface area contributed by atoms with E-state index in [1.807, 2.05) is 0 Å². The molecular formula is C13H8BrF3N2O. The maximum absolute atomic E-state index is 13.5. The molecule has 3 nitrogen and oxygen atoms in total. The Balaban J connectivity index is 2.33. The van der Waals surface area contributed by atoms with Crippen LogP contribution in [0.15, 0.2) is 34.8 Å². The van der Waals surface area contributed by atoms with Gasteiger partial charge in [0.15, 0.2) is 17.5 Å². The van der Waals surface area contributed by atoms with E-state index in [1.165, 1.54) is 6.07 Å². The maximum Gasteiger partial charge on any atom is 0.258 e. The summed E-state index contributed by atoms with van der Waals surface area (Å²) in [6, 6.07) is 6.18. The summed E-state index contributed by atoms with van der Waals surface area (Å²) < 4.78 is 39.9. The van der Waals surface area contributed by atoms with Crippen molar-refractivity contribution in [1.82, 2.24) is 0 Å². The zero-order chi connectivity index (χ0) is 14.9. The molecule has 0 bridgehead atoms. The number of hydrogen-bond acceptors (Lipinski definition) is 2. The van der Waals surface area contributed by atoms with Crippen molar-refractivity contribution in [2.24, 2.45) is 0 Å². The van der Waals surface area contributed by atoms with Crippen LogP contribution in [-0.2, 0) is 0 Å². The van der Waals surface area contributed by atoms with Gasteiger partial charge in [0.1, 0.15) is 0 Å². The zero-order valence-electron chi connectivity index (χ0n) is 9.88. The summed E-state index contributed by atoms with van der Waals surface area (Å²) in [5, 5.41) is 2.36. The van der Waals surface area contributed by atoms with Crippen molar-refractivity contribution in [1.29, 1.82) is 0 Å². The summed E-state index contributed by atoms with van der Waals surface area (Å²) in [5.41, 5.74) is 5.64. The summed E-state index contributed by atoms with van der Waals surface area (Å²) in [6.07, 6.45) is 0. The molecule has 0 radical (unpaired) electrons. The molecule has 2 aromatic rings. The third-order valence-corrected chi connectivity index (χ3v) is 3.21. The number of benzene rings is 2. The van der Waals surface area contributed by atoms with Gasteiger partial charge in [0.2, 0.25) is 0 Å². The third-order valence-electron chi connectivity index (χ3n) is 2.52. The van der Waals surface area contributed by atoms with Crippen LogP contribution in [0.2, 0.25) is 0 Å². The minimum absolute atomic E-state index is 0.291. The monoisotopic (exact) mass is 344 g/mol. The van der Waals surface area contributed by atoms with Crippen molar-refractivity contribution < 1.29 is 18.0 Å². The molecule has 0 fully saturated rings. The quantitative estimate of drug-likeness (QED) is 0.644. The first-order chi connectivity index (χ1) is 9.40. The second kappa shape index (κ2) is 5.54. The van der Waals surface area contributed by atoms with Gasteiger partial charge in [-0.05, 0) is 46.3 Å². The normalized spacial score (nSPS) is 10.4. The molecule has 104 valence electrons. The molecule has 0 heterocycles. The minimum Gasteiger partial charge on any atom is -0.399 e. The van der Waals surface area contributed by atoms with Crippen LogP contribution in [-0.4, -0.2) is 5.91 Å². The second-order valence-electron chi connectivity index (χ2n) is 3.92. The Labute approximate surface area is 120 Å². The standard InChI is InChI=1S/C13H8BrF3N2O/c14-8-3-1-6(18)5-10(8)19-13(20)7-2-4-9(15)12(17)11(7)16/h1-5H,18H2,(H,19,20). The lowest BCUT2D eigenvalue weighted by Crippen LogP contribution is -2.15. The lowest BCUT2D eigenvalue weighted by molar-refractivity contribution is 0.102. The second-order valence-corrected chi connectivity index (χ2v) is 4.77. The van der Waals surface area contributed by atoms with Crippen LogP contribution in [0.25, 0.3) is 0 Å². The van der Waals surface area contributed by atoms with Gasteiger partial charge < -0.3 is 11.1 Å². The Morgan fingerprint density at radius 3 is 2.50 bits per heavy atom. The molecule has 2 rings (SSSR count). The number of amides is 1. The van der Waals surface area contributed by atoms with Crippen LogP contribution in [0.3, 0.4) is 0 Å². The van der Waals surface area contributed by atoms with E-state index in [0.717, 1.165) is 6.07 Å². The zero-order valence-corrected chi connectivity index (χ0v) is 11.5. The third kappa shape index (κ3) is 2.77. The predicted molar refractivity (Wildman–Crippen MR) is 72.8 cm³/mol. The number of nitrogen functional groups attached to an aromatic ring is 1. The van der Waals surface area contributed by atoms with Crippen LogP contribution in [0.5, 0.6) is 0 Å². The molecule has 1 amide bonds. The van der Waals surface area contributed by atoms with Crippen LogP contribution in [0.1, 0.15) is 10.4 Å². The van der Waals surface area contributed by atoms with Gasteiger partial charge in [0, 0.05) is 10.2 Å². The fourth-order valence-corrected chi connectivity index (χ4v) is 1.88. The molecule has 0 spiro atoms. The molecule has 0 atom stereocenters. The molecule has 0 aliphatic heterocycles. The van der Waals surface area contributed by atoms with Gasteiger partial charge in [0.25, 0.3) is 5.91 Å². The number of carbonyl (C=O) groups is 1. The van der Waals surface area contributed by atoms with E-state index in [-0.39, 0.29) is 0 Å². The first-order valence-electron chi connectivity index (χ1n) is 5.40. The summed E-state index contributed by atoms with van der Waals surface area (Å²) >= 11 is 3.18.